The fourth-order valence-corrected chi connectivity index (χ4v) is 4.16. The van der Waals surface area contributed by atoms with E-state index in [1.807, 2.05) is 0 Å². The van der Waals surface area contributed by atoms with Gasteiger partial charge < -0.3 is 10.2 Å². The van der Waals surface area contributed by atoms with Crippen molar-refractivity contribution in [1.29, 1.82) is 0 Å². The van der Waals surface area contributed by atoms with Crippen molar-refractivity contribution in [3.63, 3.8) is 0 Å². The number of nitrogens with zero attached hydrogens (tertiary/aromatic N) is 1. The number of rotatable bonds is 4. The first-order chi connectivity index (χ1) is 8.25. The molecular weight excluding hydrogens is 228 g/mol. The molecular formula is C14H28N2S. The zero-order chi connectivity index (χ0) is 12.1. The number of nitrogens with one attached hydrogen (secondary N) is 1. The molecule has 100 valence electrons. The van der Waals surface area contributed by atoms with Crippen LogP contribution in [-0.2, 0) is 0 Å². The van der Waals surface area contributed by atoms with Gasteiger partial charge in [-0.3, -0.25) is 0 Å². The van der Waals surface area contributed by atoms with Crippen molar-refractivity contribution in [2.24, 2.45) is 0 Å². The molecule has 2 saturated heterocycles. The Labute approximate surface area is 111 Å². The highest BCUT2D eigenvalue weighted by Gasteiger charge is 2.20. The molecule has 0 bridgehead atoms. The minimum atomic E-state index is 0.721. The van der Waals surface area contributed by atoms with E-state index in [9.17, 15) is 0 Å². The summed E-state index contributed by atoms with van der Waals surface area (Å²) in [5, 5.41) is 4.72. The fourth-order valence-electron chi connectivity index (χ4n) is 2.94. The molecule has 0 radical (unpaired) electrons. The Bertz CT molecular complexity index is 214. The van der Waals surface area contributed by atoms with Crippen molar-refractivity contribution in [3.8, 4) is 0 Å². The van der Waals surface area contributed by atoms with Crippen LogP contribution in [0.1, 0.15) is 46.0 Å². The predicted molar refractivity (Wildman–Crippen MR) is 77.8 cm³/mol. The summed E-state index contributed by atoms with van der Waals surface area (Å²) in [4.78, 5) is 2.63. The van der Waals surface area contributed by atoms with Gasteiger partial charge in [0.1, 0.15) is 0 Å². The summed E-state index contributed by atoms with van der Waals surface area (Å²) in [6.07, 6.45) is 6.95. The van der Waals surface area contributed by atoms with Crippen LogP contribution >= 0.6 is 11.8 Å². The Balaban J connectivity index is 1.67. The van der Waals surface area contributed by atoms with Gasteiger partial charge in [-0.15, -0.1) is 0 Å². The van der Waals surface area contributed by atoms with Crippen LogP contribution in [0.5, 0.6) is 0 Å². The standard InChI is InChI=1S/C14H28N2S/c1-12(2)16-8-3-5-13(7-9-16)15-11-14-6-4-10-17-14/h12-15H,3-11H2,1-2H3. The second-order valence-electron chi connectivity index (χ2n) is 5.80. The highest BCUT2D eigenvalue weighted by molar-refractivity contribution is 8.00. The smallest absolute Gasteiger partial charge is 0.0172 e. The molecule has 3 heteroatoms. The van der Waals surface area contributed by atoms with Gasteiger partial charge in [-0.2, -0.15) is 11.8 Å². The van der Waals surface area contributed by atoms with E-state index < -0.39 is 0 Å². The minimum absolute atomic E-state index is 0.721. The second kappa shape index (κ2) is 7.01. The van der Waals surface area contributed by atoms with Crippen molar-refractivity contribution in [3.05, 3.63) is 0 Å². The Morgan fingerprint density at radius 2 is 2.06 bits per heavy atom. The quantitative estimate of drug-likeness (QED) is 0.832. The molecule has 0 amide bonds. The van der Waals surface area contributed by atoms with Crippen LogP contribution in [-0.4, -0.2) is 47.6 Å². The molecule has 2 fully saturated rings. The maximum atomic E-state index is 3.82. The lowest BCUT2D eigenvalue weighted by Gasteiger charge is -2.24. The molecule has 2 nitrogen and oxygen atoms in total. The molecule has 0 aliphatic carbocycles. The predicted octanol–water partition coefficient (Wildman–Crippen LogP) is 2.73. The normalized spacial score (nSPS) is 31.9. The Kier molecular flexibility index (Phi) is 5.64. The van der Waals surface area contributed by atoms with E-state index in [2.05, 4.69) is 35.8 Å². The first kappa shape index (κ1) is 13.7. The van der Waals surface area contributed by atoms with Gasteiger partial charge in [0.05, 0.1) is 0 Å². The molecule has 0 aromatic heterocycles. The summed E-state index contributed by atoms with van der Waals surface area (Å²) in [5.74, 6) is 1.39. The summed E-state index contributed by atoms with van der Waals surface area (Å²) in [5.41, 5.74) is 0. The van der Waals surface area contributed by atoms with E-state index in [1.165, 1.54) is 57.5 Å². The lowest BCUT2D eigenvalue weighted by atomic mass is 10.1. The first-order valence-electron chi connectivity index (χ1n) is 7.34. The summed E-state index contributed by atoms with van der Waals surface area (Å²) in [7, 11) is 0. The summed E-state index contributed by atoms with van der Waals surface area (Å²) in [6, 6.07) is 1.50. The highest BCUT2D eigenvalue weighted by atomic mass is 32.2. The number of hydrogen-bond donors (Lipinski definition) is 1. The lowest BCUT2D eigenvalue weighted by molar-refractivity contribution is 0.229. The minimum Gasteiger partial charge on any atom is -0.313 e. The van der Waals surface area contributed by atoms with E-state index >= 15 is 0 Å². The largest absolute Gasteiger partial charge is 0.313 e. The van der Waals surface area contributed by atoms with Crippen LogP contribution in [0.2, 0.25) is 0 Å². The Morgan fingerprint density at radius 1 is 1.18 bits per heavy atom. The molecule has 2 rings (SSSR count). The van der Waals surface area contributed by atoms with Crippen molar-refractivity contribution in [1.82, 2.24) is 10.2 Å². The molecule has 2 atom stereocenters. The van der Waals surface area contributed by atoms with Crippen LogP contribution in [0.25, 0.3) is 0 Å². The molecule has 0 saturated carbocycles. The summed E-state index contributed by atoms with van der Waals surface area (Å²) >= 11 is 2.17. The maximum absolute atomic E-state index is 3.82. The van der Waals surface area contributed by atoms with Gasteiger partial charge in [0.25, 0.3) is 0 Å². The second-order valence-corrected chi connectivity index (χ2v) is 7.21. The SMILES string of the molecule is CC(C)N1CCCC(NCC2CCCS2)CC1. The third kappa shape index (κ3) is 4.46. The monoisotopic (exact) mass is 256 g/mol. The zero-order valence-corrected chi connectivity index (χ0v) is 12.3. The number of hydrogen-bond acceptors (Lipinski definition) is 3. The van der Waals surface area contributed by atoms with Crippen molar-refractivity contribution in [2.75, 3.05) is 25.4 Å². The summed E-state index contributed by atoms with van der Waals surface area (Å²) in [6.45, 7) is 8.48. The third-order valence-electron chi connectivity index (χ3n) is 4.15. The van der Waals surface area contributed by atoms with E-state index in [1.54, 1.807) is 0 Å². The molecule has 0 spiro atoms. The molecule has 17 heavy (non-hydrogen) atoms. The lowest BCUT2D eigenvalue weighted by Crippen LogP contribution is -2.36. The molecule has 0 aromatic rings. The highest BCUT2D eigenvalue weighted by Crippen LogP contribution is 2.25. The topological polar surface area (TPSA) is 15.3 Å². The number of likely N-dealkylation sites (tertiary alicyclic amines) is 1. The molecule has 2 unspecified atom stereocenters. The average molecular weight is 256 g/mol. The fraction of sp³-hybridized carbons (Fsp3) is 1.00. The van der Waals surface area contributed by atoms with Gasteiger partial charge >= 0.3 is 0 Å². The third-order valence-corrected chi connectivity index (χ3v) is 5.55. The summed E-state index contributed by atoms with van der Waals surface area (Å²) < 4.78 is 0. The Hall–Kier alpha value is 0.270. The molecule has 2 heterocycles. The van der Waals surface area contributed by atoms with E-state index in [0.29, 0.717) is 0 Å². The van der Waals surface area contributed by atoms with E-state index in [0.717, 1.165) is 17.3 Å². The van der Waals surface area contributed by atoms with Gasteiger partial charge in [-0.05, 0) is 64.8 Å². The Morgan fingerprint density at radius 3 is 2.76 bits per heavy atom. The van der Waals surface area contributed by atoms with Crippen LogP contribution in [0.15, 0.2) is 0 Å². The molecule has 2 aliphatic heterocycles. The average Bonchev–Trinajstić information content (AvgIpc) is 2.70. The van der Waals surface area contributed by atoms with Gasteiger partial charge in [-0.1, -0.05) is 0 Å². The van der Waals surface area contributed by atoms with E-state index in [4.69, 9.17) is 0 Å². The molecule has 1 N–H and O–H groups in total. The van der Waals surface area contributed by atoms with Crippen molar-refractivity contribution >= 4 is 11.8 Å². The van der Waals surface area contributed by atoms with Crippen molar-refractivity contribution in [2.45, 2.75) is 63.3 Å². The van der Waals surface area contributed by atoms with Gasteiger partial charge in [0.2, 0.25) is 0 Å². The first-order valence-corrected chi connectivity index (χ1v) is 8.39. The van der Waals surface area contributed by atoms with Crippen LogP contribution < -0.4 is 5.32 Å². The number of thioether (sulfide) groups is 1. The van der Waals surface area contributed by atoms with Crippen LogP contribution in [0.3, 0.4) is 0 Å². The maximum Gasteiger partial charge on any atom is 0.0172 e. The van der Waals surface area contributed by atoms with Gasteiger partial charge in [0, 0.05) is 23.9 Å². The van der Waals surface area contributed by atoms with Crippen LogP contribution in [0.4, 0.5) is 0 Å². The van der Waals surface area contributed by atoms with E-state index in [-0.39, 0.29) is 0 Å². The molecule has 0 aromatic carbocycles. The van der Waals surface area contributed by atoms with Gasteiger partial charge in [0.15, 0.2) is 0 Å². The van der Waals surface area contributed by atoms with Crippen LogP contribution in [0, 0.1) is 0 Å². The molecule has 2 aliphatic rings. The van der Waals surface area contributed by atoms with Gasteiger partial charge in [-0.25, -0.2) is 0 Å². The zero-order valence-electron chi connectivity index (χ0n) is 11.5. The van der Waals surface area contributed by atoms with Crippen molar-refractivity contribution < 1.29 is 0 Å².